The lowest BCUT2D eigenvalue weighted by atomic mass is 10.1. The summed E-state index contributed by atoms with van der Waals surface area (Å²) in [6.07, 6.45) is 5.04. The fraction of sp³-hybridized carbons (Fsp3) is 0.412. The molecular weight excluding hydrogens is 400 g/mol. The van der Waals surface area contributed by atoms with Gasteiger partial charge < -0.3 is 15.5 Å². The van der Waals surface area contributed by atoms with Crippen LogP contribution in [0.25, 0.3) is 0 Å². The number of anilines is 3. The number of aromatic nitrogens is 2. The van der Waals surface area contributed by atoms with Crippen LogP contribution in [0.2, 0.25) is 0 Å². The van der Waals surface area contributed by atoms with Crippen LogP contribution in [0, 0.1) is 10.1 Å². The van der Waals surface area contributed by atoms with Crippen LogP contribution in [0.4, 0.5) is 23.0 Å². The molecule has 3 rings (SSSR count). The van der Waals surface area contributed by atoms with Crippen LogP contribution in [0.5, 0.6) is 0 Å². The summed E-state index contributed by atoms with van der Waals surface area (Å²) in [7, 11) is 0. The van der Waals surface area contributed by atoms with E-state index >= 15 is 0 Å². The summed E-state index contributed by atoms with van der Waals surface area (Å²) < 4.78 is 0.799. The number of nitrogens with zero attached hydrogens (tertiary/aromatic N) is 4. The Labute approximate surface area is 160 Å². The van der Waals surface area contributed by atoms with E-state index in [1.54, 1.807) is 0 Å². The van der Waals surface area contributed by atoms with Crippen molar-refractivity contribution in [3.63, 3.8) is 0 Å². The third-order valence-electron chi connectivity index (χ3n) is 4.30. The van der Waals surface area contributed by atoms with Crippen molar-refractivity contribution >= 4 is 38.9 Å². The SMILES string of the molecule is O=[N+]([O-])c1c(NCCN2CCCCC2)ncnc1Nc1ccccc1Br. The lowest BCUT2D eigenvalue weighted by Crippen LogP contribution is -2.33. The molecule has 1 aromatic carbocycles. The summed E-state index contributed by atoms with van der Waals surface area (Å²) in [4.78, 5) is 21.6. The van der Waals surface area contributed by atoms with Gasteiger partial charge in [-0.05, 0) is 54.0 Å². The molecule has 2 aromatic rings. The molecule has 0 amide bonds. The van der Waals surface area contributed by atoms with E-state index in [2.05, 4.69) is 41.4 Å². The maximum atomic E-state index is 11.6. The lowest BCUT2D eigenvalue weighted by molar-refractivity contribution is -0.383. The van der Waals surface area contributed by atoms with Crippen LogP contribution < -0.4 is 10.6 Å². The second kappa shape index (κ2) is 8.91. The number of likely N-dealkylation sites (tertiary alicyclic amines) is 1. The quantitative estimate of drug-likeness (QED) is 0.519. The fourth-order valence-corrected chi connectivity index (χ4v) is 3.36. The van der Waals surface area contributed by atoms with Crippen LogP contribution in [0.1, 0.15) is 19.3 Å². The van der Waals surface area contributed by atoms with Crippen molar-refractivity contribution < 1.29 is 4.92 Å². The summed E-state index contributed by atoms with van der Waals surface area (Å²) in [5.41, 5.74) is 0.551. The van der Waals surface area contributed by atoms with E-state index in [0.29, 0.717) is 12.2 Å². The molecule has 0 aliphatic carbocycles. The second-order valence-corrected chi connectivity index (χ2v) is 6.96. The van der Waals surface area contributed by atoms with Gasteiger partial charge in [-0.25, -0.2) is 9.97 Å². The highest BCUT2D eigenvalue weighted by Gasteiger charge is 2.23. The summed E-state index contributed by atoms with van der Waals surface area (Å²) in [6.45, 7) is 3.62. The molecule has 0 unspecified atom stereocenters. The third-order valence-corrected chi connectivity index (χ3v) is 4.99. The number of para-hydroxylation sites is 1. The first-order valence-corrected chi connectivity index (χ1v) is 9.41. The highest BCUT2D eigenvalue weighted by atomic mass is 79.9. The van der Waals surface area contributed by atoms with Gasteiger partial charge in [0.15, 0.2) is 0 Å². The van der Waals surface area contributed by atoms with E-state index in [4.69, 9.17) is 0 Å². The standard InChI is InChI=1S/C17H21BrN6O2/c18-13-6-2-3-7-14(13)22-17-15(24(25)26)16(20-12-21-17)19-8-11-23-9-4-1-5-10-23/h2-3,6-7,12H,1,4-5,8-11H2,(H2,19,20,21,22). The van der Waals surface area contributed by atoms with Crippen molar-refractivity contribution in [3.05, 3.63) is 45.2 Å². The number of nitro groups is 1. The minimum absolute atomic E-state index is 0.151. The fourth-order valence-electron chi connectivity index (χ4n) is 2.98. The number of benzene rings is 1. The van der Waals surface area contributed by atoms with Crippen LogP contribution in [-0.4, -0.2) is 46.0 Å². The number of piperidine rings is 1. The molecule has 1 aliphatic heterocycles. The average Bonchev–Trinajstić information content (AvgIpc) is 2.64. The number of hydrogen-bond acceptors (Lipinski definition) is 7. The van der Waals surface area contributed by atoms with E-state index in [1.807, 2.05) is 24.3 Å². The first-order chi connectivity index (χ1) is 12.6. The molecule has 138 valence electrons. The molecule has 0 bridgehead atoms. The zero-order valence-electron chi connectivity index (χ0n) is 14.3. The summed E-state index contributed by atoms with van der Waals surface area (Å²) in [5, 5.41) is 17.7. The average molecular weight is 421 g/mol. The molecule has 1 aromatic heterocycles. The number of rotatable bonds is 7. The molecule has 9 heteroatoms. The number of hydrogen-bond donors (Lipinski definition) is 2. The van der Waals surface area contributed by atoms with Crippen molar-refractivity contribution in [1.29, 1.82) is 0 Å². The Bertz CT molecular complexity index is 767. The smallest absolute Gasteiger partial charge is 0.353 e. The molecule has 0 saturated carbocycles. The maximum absolute atomic E-state index is 11.6. The van der Waals surface area contributed by atoms with E-state index in [0.717, 1.165) is 24.1 Å². The predicted molar refractivity (Wildman–Crippen MR) is 105 cm³/mol. The summed E-state index contributed by atoms with van der Waals surface area (Å²) >= 11 is 3.42. The van der Waals surface area contributed by atoms with Gasteiger partial charge in [-0.2, -0.15) is 0 Å². The summed E-state index contributed by atoms with van der Waals surface area (Å²) in [6, 6.07) is 7.39. The molecule has 8 nitrogen and oxygen atoms in total. The highest BCUT2D eigenvalue weighted by molar-refractivity contribution is 9.10. The molecular formula is C17H21BrN6O2. The Morgan fingerprint density at radius 2 is 1.88 bits per heavy atom. The van der Waals surface area contributed by atoms with Gasteiger partial charge in [0, 0.05) is 17.6 Å². The molecule has 26 heavy (non-hydrogen) atoms. The highest BCUT2D eigenvalue weighted by Crippen LogP contribution is 2.33. The molecule has 1 aliphatic rings. The van der Waals surface area contributed by atoms with Gasteiger partial charge in [0.05, 0.1) is 10.6 Å². The molecule has 2 N–H and O–H groups in total. The Hall–Kier alpha value is -2.26. The lowest BCUT2D eigenvalue weighted by Gasteiger charge is -2.26. The van der Waals surface area contributed by atoms with Crippen LogP contribution in [-0.2, 0) is 0 Å². The van der Waals surface area contributed by atoms with E-state index in [-0.39, 0.29) is 17.3 Å². The molecule has 0 radical (unpaired) electrons. The maximum Gasteiger partial charge on any atom is 0.353 e. The second-order valence-electron chi connectivity index (χ2n) is 6.11. The predicted octanol–water partition coefficient (Wildman–Crippen LogP) is 3.79. The van der Waals surface area contributed by atoms with Gasteiger partial charge in [-0.15, -0.1) is 0 Å². The van der Waals surface area contributed by atoms with Crippen molar-refractivity contribution in [1.82, 2.24) is 14.9 Å². The number of nitrogens with one attached hydrogen (secondary N) is 2. The largest absolute Gasteiger partial charge is 0.363 e. The van der Waals surface area contributed by atoms with Crippen LogP contribution in [0.3, 0.4) is 0 Å². The van der Waals surface area contributed by atoms with E-state index in [9.17, 15) is 10.1 Å². The molecule has 0 spiro atoms. The Morgan fingerprint density at radius 1 is 1.15 bits per heavy atom. The Morgan fingerprint density at radius 3 is 2.62 bits per heavy atom. The van der Waals surface area contributed by atoms with Gasteiger partial charge in [-0.3, -0.25) is 10.1 Å². The van der Waals surface area contributed by atoms with E-state index in [1.165, 1.54) is 25.6 Å². The van der Waals surface area contributed by atoms with Crippen LogP contribution in [0.15, 0.2) is 35.1 Å². The van der Waals surface area contributed by atoms with Gasteiger partial charge in [0.1, 0.15) is 6.33 Å². The van der Waals surface area contributed by atoms with Gasteiger partial charge in [0.2, 0.25) is 11.6 Å². The minimum atomic E-state index is -0.456. The number of halogens is 1. The zero-order valence-corrected chi connectivity index (χ0v) is 15.9. The zero-order chi connectivity index (χ0) is 18.4. The first kappa shape index (κ1) is 18.5. The first-order valence-electron chi connectivity index (χ1n) is 8.62. The molecule has 1 fully saturated rings. The van der Waals surface area contributed by atoms with Gasteiger partial charge in [0.25, 0.3) is 0 Å². The van der Waals surface area contributed by atoms with Crippen molar-refractivity contribution in [2.75, 3.05) is 36.8 Å². The van der Waals surface area contributed by atoms with Crippen molar-refractivity contribution in [2.45, 2.75) is 19.3 Å². The van der Waals surface area contributed by atoms with E-state index < -0.39 is 4.92 Å². The van der Waals surface area contributed by atoms with Gasteiger partial charge in [-0.1, -0.05) is 18.6 Å². The Balaban J connectivity index is 1.73. The van der Waals surface area contributed by atoms with Crippen molar-refractivity contribution in [3.8, 4) is 0 Å². The van der Waals surface area contributed by atoms with Crippen LogP contribution >= 0.6 is 15.9 Å². The Kier molecular flexibility index (Phi) is 6.35. The van der Waals surface area contributed by atoms with Gasteiger partial charge >= 0.3 is 5.69 Å². The normalized spacial score (nSPS) is 14.8. The molecule has 0 atom stereocenters. The monoisotopic (exact) mass is 420 g/mol. The third kappa shape index (κ3) is 4.67. The minimum Gasteiger partial charge on any atom is -0.363 e. The van der Waals surface area contributed by atoms with Crippen molar-refractivity contribution in [2.24, 2.45) is 0 Å². The molecule has 2 heterocycles. The summed E-state index contributed by atoms with van der Waals surface area (Å²) in [5.74, 6) is 0.397. The topological polar surface area (TPSA) is 96.2 Å². The molecule has 1 saturated heterocycles.